The number of aliphatic hydroxyl groups excluding tert-OH is 1. The number of carbonyl (C=O) groups excluding carboxylic acids is 1. The first-order chi connectivity index (χ1) is 21.7. The molecule has 0 fully saturated rings. The van der Waals surface area contributed by atoms with E-state index in [0.717, 1.165) is 44.6 Å². The number of nitrogens with one attached hydrogen (secondary N) is 2. The molecule has 0 unspecified atom stereocenters. The van der Waals surface area contributed by atoms with E-state index in [0.29, 0.717) is 59.1 Å². The summed E-state index contributed by atoms with van der Waals surface area (Å²) in [6.07, 6.45) is 2.06. The van der Waals surface area contributed by atoms with Crippen LogP contribution in [0.25, 0.3) is 44.7 Å². The number of aliphatic hydroxyl groups is 1. The highest BCUT2D eigenvalue weighted by Crippen LogP contribution is 2.37. The van der Waals surface area contributed by atoms with Crippen LogP contribution in [0.15, 0.2) is 65.2 Å². The van der Waals surface area contributed by atoms with E-state index in [-0.39, 0.29) is 5.56 Å². The summed E-state index contributed by atoms with van der Waals surface area (Å²) < 4.78 is 6.07. The molecule has 6 aromatic rings. The average Bonchev–Trinajstić information content (AvgIpc) is 3.45. The van der Waals surface area contributed by atoms with Crippen LogP contribution in [0.2, 0.25) is 0 Å². The molecule has 0 bridgehead atoms. The number of aldehydes is 1. The zero-order valence-electron chi connectivity index (χ0n) is 25.3. The number of benzene rings is 3. The van der Waals surface area contributed by atoms with Gasteiger partial charge in [0.25, 0.3) is 0 Å². The zero-order chi connectivity index (χ0) is 31.7. The summed E-state index contributed by atoms with van der Waals surface area (Å²) in [6, 6.07) is 19.2. The Morgan fingerprint density at radius 1 is 0.978 bits per heavy atom. The molecule has 3 heterocycles. The lowest BCUT2D eigenvalue weighted by molar-refractivity contribution is 0.112. The Labute approximate surface area is 259 Å². The Bertz CT molecular complexity index is 2130. The normalized spacial score (nSPS) is 11.9. The van der Waals surface area contributed by atoms with E-state index in [9.17, 15) is 15.2 Å². The molecule has 6 rings (SSSR count). The minimum Gasteiger partial charge on any atom is -0.435 e. The van der Waals surface area contributed by atoms with Gasteiger partial charge in [0.1, 0.15) is 29.2 Å². The lowest BCUT2D eigenvalue weighted by Gasteiger charge is -2.17. The summed E-state index contributed by atoms with van der Waals surface area (Å²) >= 11 is 0. The maximum Gasteiger partial charge on any atom is 0.227 e. The standard InChI is InChI=1S/C35H31N7O3/c1-19(44)15-37-16-24-13-30-32(38-17-24)34(40-22(4)39-30)41-29-10-6-8-27(21(29)3)26-7-5-9-28(20(26)2)35-42-31-12-23(18-43)11-25(14-36)33(31)45-35/h5-13,17-19,37,44H,15-16H2,1-4H3,(H,39,40,41)/t19-/m0/s1. The molecule has 224 valence electrons. The van der Waals surface area contributed by atoms with Gasteiger partial charge >= 0.3 is 0 Å². The quantitative estimate of drug-likeness (QED) is 0.162. The van der Waals surface area contributed by atoms with Crippen LogP contribution in [-0.2, 0) is 6.54 Å². The Kier molecular flexibility index (Phi) is 8.04. The maximum atomic E-state index is 11.4. The van der Waals surface area contributed by atoms with Crippen molar-refractivity contribution in [3.8, 4) is 28.7 Å². The highest BCUT2D eigenvalue weighted by molar-refractivity contribution is 5.91. The third-order valence-electron chi connectivity index (χ3n) is 7.68. The molecule has 10 nitrogen and oxygen atoms in total. The molecule has 0 spiro atoms. The topological polar surface area (TPSA) is 150 Å². The molecule has 3 aromatic heterocycles. The van der Waals surface area contributed by atoms with Gasteiger partial charge < -0.3 is 20.2 Å². The molecule has 0 saturated heterocycles. The van der Waals surface area contributed by atoms with Crippen LogP contribution >= 0.6 is 0 Å². The van der Waals surface area contributed by atoms with Crippen molar-refractivity contribution >= 4 is 39.9 Å². The van der Waals surface area contributed by atoms with Crippen molar-refractivity contribution < 1.29 is 14.3 Å². The monoisotopic (exact) mass is 597 g/mol. The fraction of sp³-hybridized carbons (Fsp3) is 0.200. The molecule has 1 atom stereocenters. The number of hydrogen-bond donors (Lipinski definition) is 3. The van der Waals surface area contributed by atoms with Gasteiger partial charge in [0.05, 0.1) is 17.2 Å². The van der Waals surface area contributed by atoms with Crippen molar-refractivity contribution in [3.63, 3.8) is 0 Å². The Balaban J connectivity index is 1.35. The van der Waals surface area contributed by atoms with Gasteiger partial charge in [-0.1, -0.05) is 24.3 Å². The molecule has 0 saturated carbocycles. The Morgan fingerprint density at radius 3 is 2.49 bits per heavy atom. The van der Waals surface area contributed by atoms with E-state index < -0.39 is 6.10 Å². The largest absolute Gasteiger partial charge is 0.435 e. The molecule has 0 aliphatic carbocycles. The fourth-order valence-electron chi connectivity index (χ4n) is 5.46. The molecule has 0 radical (unpaired) electrons. The van der Waals surface area contributed by atoms with Crippen molar-refractivity contribution in [2.24, 2.45) is 0 Å². The van der Waals surface area contributed by atoms with Crippen LogP contribution in [0, 0.1) is 32.1 Å². The predicted molar refractivity (Wildman–Crippen MR) is 173 cm³/mol. The third-order valence-corrected chi connectivity index (χ3v) is 7.68. The van der Waals surface area contributed by atoms with Crippen LogP contribution in [0.5, 0.6) is 0 Å². The summed E-state index contributed by atoms with van der Waals surface area (Å²) in [7, 11) is 0. The second-order valence-electron chi connectivity index (χ2n) is 11.1. The van der Waals surface area contributed by atoms with Gasteiger partial charge in [-0.15, -0.1) is 0 Å². The van der Waals surface area contributed by atoms with Gasteiger partial charge in [-0.2, -0.15) is 5.26 Å². The van der Waals surface area contributed by atoms with E-state index in [1.165, 1.54) is 6.07 Å². The lowest BCUT2D eigenvalue weighted by atomic mass is 9.93. The molecule has 3 aromatic carbocycles. The SMILES string of the molecule is Cc1nc(Nc2cccc(-c3cccc(-c4nc5cc(C=O)cc(C#N)c5o4)c3C)c2C)c2ncc(CNC[C@H](C)O)cc2n1. The second kappa shape index (κ2) is 12.2. The van der Waals surface area contributed by atoms with Crippen LogP contribution < -0.4 is 10.6 Å². The third kappa shape index (κ3) is 5.87. The van der Waals surface area contributed by atoms with Gasteiger partial charge in [-0.05, 0) is 85.8 Å². The second-order valence-corrected chi connectivity index (χ2v) is 11.1. The number of rotatable bonds is 9. The van der Waals surface area contributed by atoms with Gasteiger partial charge in [0, 0.05) is 36.1 Å². The number of nitriles is 1. The highest BCUT2D eigenvalue weighted by atomic mass is 16.3. The first-order valence-electron chi connectivity index (χ1n) is 14.5. The van der Waals surface area contributed by atoms with E-state index in [4.69, 9.17) is 4.42 Å². The van der Waals surface area contributed by atoms with E-state index in [1.54, 1.807) is 19.2 Å². The summed E-state index contributed by atoms with van der Waals surface area (Å²) in [5.74, 6) is 1.61. The highest BCUT2D eigenvalue weighted by Gasteiger charge is 2.18. The van der Waals surface area contributed by atoms with Crippen LogP contribution in [0.3, 0.4) is 0 Å². The molecule has 45 heavy (non-hydrogen) atoms. The van der Waals surface area contributed by atoms with Crippen molar-refractivity contribution in [3.05, 3.63) is 94.4 Å². The first-order valence-corrected chi connectivity index (χ1v) is 14.5. The molecule has 0 aliphatic rings. The average molecular weight is 598 g/mol. The predicted octanol–water partition coefficient (Wildman–Crippen LogP) is 6.32. The number of carbonyl (C=O) groups is 1. The van der Waals surface area contributed by atoms with Gasteiger partial charge in [0.2, 0.25) is 5.89 Å². The molecule has 3 N–H and O–H groups in total. The molecule has 0 amide bonds. The lowest BCUT2D eigenvalue weighted by Crippen LogP contribution is -2.23. The zero-order valence-corrected chi connectivity index (χ0v) is 25.3. The van der Waals surface area contributed by atoms with Crippen molar-refractivity contribution in [2.45, 2.75) is 40.3 Å². The molecular weight excluding hydrogens is 566 g/mol. The first kappa shape index (κ1) is 29.6. The van der Waals surface area contributed by atoms with Crippen molar-refractivity contribution in [1.82, 2.24) is 25.3 Å². The minimum atomic E-state index is -0.429. The van der Waals surface area contributed by atoms with E-state index in [2.05, 4.69) is 55.7 Å². The number of pyridine rings is 1. The fourth-order valence-corrected chi connectivity index (χ4v) is 5.46. The van der Waals surface area contributed by atoms with Gasteiger partial charge in [-0.25, -0.2) is 15.0 Å². The summed E-state index contributed by atoms with van der Waals surface area (Å²) in [5.41, 5.74) is 9.48. The van der Waals surface area contributed by atoms with E-state index >= 15 is 0 Å². The van der Waals surface area contributed by atoms with Gasteiger partial charge in [0.15, 0.2) is 11.4 Å². The smallest absolute Gasteiger partial charge is 0.227 e. The molecular formula is C35H31N7O3. The number of fused-ring (bicyclic) bond motifs is 2. The summed E-state index contributed by atoms with van der Waals surface area (Å²) in [5, 5.41) is 25.8. The van der Waals surface area contributed by atoms with Crippen molar-refractivity contribution in [1.29, 1.82) is 5.26 Å². The van der Waals surface area contributed by atoms with E-state index in [1.807, 2.05) is 44.2 Å². The van der Waals surface area contributed by atoms with Crippen LogP contribution in [-0.4, -0.2) is 44.0 Å². The number of nitrogens with zero attached hydrogens (tertiary/aromatic N) is 5. The molecule has 0 aliphatic heterocycles. The molecule has 10 heteroatoms. The Morgan fingerprint density at radius 2 is 1.73 bits per heavy atom. The number of aromatic nitrogens is 4. The number of aryl methyl sites for hydroxylation is 1. The van der Waals surface area contributed by atoms with Crippen molar-refractivity contribution in [2.75, 3.05) is 11.9 Å². The number of anilines is 2. The van der Waals surface area contributed by atoms with Crippen LogP contribution in [0.4, 0.5) is 11.5 Å². The van der Waals surface area contributed by atoms with Gasteiger partial charge in [-0.3, -0.25) is 9.78 Å². The Hall–Kier alpha value is -5.50. The van der Waals surface area contributed by atoms with Crippen LogP contribution in [0.1, 0.15) is 45.4 Å². The number of hydrogen-bond acceptors (Lipinski definition) is 10. The summed E-state index contributed by atoms with van der Waals surface area (Å²) in [4.78, 5) is 30.0. The maximum absolute atomic E-state index is 11.4. The minimum absolute atomic E-state index is 0.267. The summed E-state index contributed by atoms with van der Waals surface area (Å²) in [6.45, 7) is 8.73. The number of oxazole rings is 1.